The zero-order valence-corrected chi connectivity index (χ0v) is 19.3. The summed E-state index contributed by atoms with van der Waals surface area (Å²) in [6.07, 6.45) is -0.832. The molecule has 2 N–H and O–H groups in total. The molecule has 0 saturated carbocycles. The van der Waals surface area contributed by atoms with Crippen molar-refractivity contribution < 1.29 is 28.6 Å². The third-order valence-electron chi connectivity index (χ3n) is 4.71. The molecule has 0 radical (unpaired) electrons. The highest BCUT2D eigenvalue weighted by molar-refractivity contribution is 6.42. The van der Waals surface area contributed by atoms with Crippen molar-refractivity contribution in [2.24, 2.45) is 0 Å². The Morgan fingerprint density at radius 2 is 1.88 bits per heavy atom. The van der Waals surface area contributed by atoms with Gasteiger partial charge in [-0.05, 0) is 61.5 Å². The highest BCUT2D eigenvalue weighted by Gasteiger charge is 2.18. The summed E-state index contributed by atoms with van der Waals surface area (Å²) in [5.41, 5.74) is 2.28. The fourth-order valence-corrected chi connectivity index (χ4v) is 3.37. The van der Waals surface area contributed by atoms with Crippen molar-refractivity contribution in [3.05, 3.63) is 70.7 Å². The Morgan fingerprint density at radius 1 is 1.12 bits per heavy atom. The molecule has 8 nitrogen and oxygen atoms in total. The van der Waals surface area contributed by atoms with Crippen molar-refractivity contribution in [3.63, 3.8) is 0 Å². The van der Waals surface area contributed by atoms with Crippen LogP contribution in [0, 0.1) is 0 Å². The molecule has 0 aliphatic carbocycles. The quantitative estimate of drug-likeness (QED) is 0.320. The molecule has 174 valence electrons. The van der Waals surface area contributed by atoms with Crippen molar-refractivity contribution in [1.82, 2.24) is 4.98 Å². The first-order chi connectivity index (χ1) is 16.3. The van der Waals surface area contributed by atoms with Crippen molar-refractivity contribution in [2.75, 3.05) is 11.9 Å². The second kappa shape index (κ2) is 10.0. The Hall–Kier alpha value is -3.75. The number of ether oxygens (including phenoxy) is 2. The lowest BCUT2D eigenvalue weighted by Crippen LogP contribution is -2.30. The van der Waals surface area contributed by atoms with Gasteiger partial charge in [0.1, 0.15) is 22.0 Å². The summed E-state index contributed by atoms with van der Waals surface area (Å²) < 4.78 is 16.6. The summed E-state index contributed by atoms with van der Waals surface area (Å²) >= 11 is 12.1. The number of nitrogens with one attached hydrogen (secondary N) is 1. The lowest BCUT2D eigenvalue weighted by Gasteiger charge is -2.16. The number of oxazole rings is 1. The van der Waals surface area contributed by atoms with Crippen LogP contribution in [-0.4, -0.2) is 34.7 Å². The number of nitrogens with zero attached hydrogens (tertiary/aromatic N) is 1. The Morgan fingerprint density at radius 3 is 2.62 bits per heavy atom. The van der Waals surface area contributed by atoms with Crippen molar-refractivity contribution in [1.29, 1.82) is 0 Å². The molecule has 34 heavy (non-hydrogen) atoms. The summed E-state index contributed by atoms with van der Waals surface area (Å²) in [7, 11) is 0. The van der Waals surface area contributed by atoms with Gasteiger partial charge in [-0.2, -0.15) is 0 Å². The van der Waals surface area contributed by atoms with Crippen LogP contribution in [0.4, 0.5) is 5.69 Å². The molecular formula is C24H18Cl2N2O6. The topological polar surface area (TPSA) is 111 Å². The molecule has 1 heterocycles. The molecule has 0 aliphatic rings. The van der Waals surface area contributed by atoms with Crippen LogP contribution in [0.3, 0.4) is 0 Å². The normalized spacial score (nSPS) is 11.7. The maximum Gasteiger partial charge on any atom is 0.341 e. The number of carbonyl (C=O) groups is 2. The maximum absolute atomic E-state index is 12.6. The first-order valence-corrected chi connectivity index (χ1v) is 10.8. The number of carbonyl (C=O) groups excluding carboxylic acids is 1. The minimum atomic E-state index is -1.06. The Bertz CT molecular complexity index is 1350. The predicted octanol–water partition coefficient (Wildman–Crippen LogP) is 5.67. The van der Waals surface area contributed by atoms with Crippen LogP contribution in [0.5, 0.6) is 11.5 Å². The van der Waals surface area contributed by atoms with Gasteiger partial charge in [-0.15, -0.1) is 0 Å². The van der Waals surface area contributed by atoms with Gasteiger partial charge in [0.05, 0.1) is 5.02 Å². The van der Waals surface area contributed by atoms with E-state index in [-0.39, 0.29) is 10.9 Å². The first-order valence-electron chi connectivity index (χ1n) is 10.1. The number of halogens is 2. The lowest BCUT2D eigenvalue weighted by molar-refractivity contribution is -0.139. The standard InChI is InChI=1S/C24H18Cl2N2O6/c1-13(33-20-4-2-3-17(25)22(20)26)23(31)27-15-7-10-19-18(11-15)28-24(34-19)14-5-8-16(9-6-14)32-12-21(29)30/h2-11,13H,12H2,1H3,(H,27,31)(H,29,30)/t13-/m0/s1. The van der Waals surface area contributed by atoms with Crippen molar-refractivity contribution >= 4 is 51.9 Å². The highest BCUT2D eigenvalue weighted by atomic mass is 35.5. The van der Waals surface area contributed by atoms with Gasteiger partial charge >= 0.3 is 5.97 Å². The molecular weight excluding hydrogens is 483 g/mol. The van der Waals surface area contributed by atoms with Gasteiger partial charge in [0.25, 0.3) is 5.91 Å². The van der Waals surface area contributed by atoms with Gasteiger partial charge in [-0.3, -0.25) is 4.79 Å². The summed E-state index contributed by atoms with van der Waals surface area (Å²) in [5, 5.41) is 12.0. The number of hydrogen-bond acceptors (Lipinski definition) is 6. The number of aromatic nitrogens is 1. The molecule has 0 saturated heterocycles. The Kier molecular flexibility index (Phi) is 6.90. The van der Waals surface area contributed by atoms with E-state index >= 15 is 0 Å². The van der Waals surface area contributed by atoms with Crippen molar-refractivity contribution in [2.45, 2.75) is 13.0 Å². The molecule has 0 fully saturated rings. The number of anilines is 1. The van der Waals surface area contributed by atoms with Gasteiger partial charge in [0, 0.05) is 11.3 Å². The number of benzene rings is 3. The van der Waals surface area contributed by atoms with Crippen molar-refractivity contribution in [3.8, 4) is 23.0 Å². The Balaban J connectivity index is 1.45. The van der Waals surface area contributed by atoms with E-state index in [0.29, 0.717) is 44.8 Å². The predicted molar refractivity (Wildman–Crippen MR) is 128 cm³/mol. The number of rotatable bonds is 8. The van der Waals surface area contributed by atoms with E-state index in [4.69, 9.17) is 42.2 Å². The summed E-state index contributed by atoms with van der Waals surface area (Å²) in [6, 6.07) is 16.7. The first kappa shape index (κ1) is 23.4. The van der Waals surface area contributed by atoms with Gasteiger partial charge in [-0.25, -0.2) is 9.78 Å². The second-order valence-electron chi connectivity index (χ2n) is 7.21. The van der Waals surface area contributed by atoms with Crippen LogP contribution in [0.25, 0.3) is 22.6 Å². The minimum absolute atomic E-state index is 0.238. The van der Waals surface area contributed by atoms with E-state index in [1.54, 1.807) is 67.6 Å². The number of carboxylic acid groups (broad SMARTS) is 1. The van der Waals surface area contributed by atoms with E-state index in [2.05, 4.69) is 10.3 Å². The summed E-state index contributed by atoms with van der Waals surface area (Å²) in [5.74, 6) is -0.331. The molecule has 0 bridgehead atoms. The molecule has 0 aliphatic heterocycles. The number of hydrogen-bond donors (Lipinski definition) is 2. The van der Waals surface area contributed by atoms with Crippen LogP contribution in [0.15, 0.2) is 65.1 Å². The summed E-state index contributed by atoms with van der Waals surface area (Å²) in [4.78, 5) is 27.7. The molecule has 4 rings (SSSR count). The van der Waals surface area contributed by atoms with Gasteiger partial charge in [-0.1, -0.05) is 29.3 Å². The molecule has 3 aromatic carbocycles. The fraction of sp³-hybridized carbons (Fsp3) is 0.125. The molecule has 0 unspecified atom stereocenters. The lowest BCUT2D eigenvalue weighted by atomic mass is 10.2. The Labute approximate surface area is 204 Å². The molecule has 4 aromatic rings. The van der Waals surface area contributed by atoms with E-state index in [0.717, 1.165) is 0 Å². The van der Waals surface area contributed by atoms with Crippen LogP contribution < -0.4 is 14.8 Å². The van der Waals surface area contributed by atoms with Gasteiger partial charge in [0.15, 0.2) is 18.3 Å². The number of aliphatic carboxylic acids is 1. The fourth-order valence-electron chi connectivity index (χ4n) is 3.03. The second-order valence-corrected chi connectivity index (χ2v) is 7.99. The third kappa shape index (κ3) is 5.41. The van der Waals surface area contributed by atoms with E-state index in [1.165, 1.54) is 0 Å². The van der Waals surface area contributed by atoms with E-state index in [9.17, 15) is 9.59 Å². The molecule has 10 heteroatoms. The number of carboxylic acids is 1. The summed E-state index contributed by atoms with van der Waals surface area (Å²) in [6.45, 7) is 1.18. The molecule has 1 amide bonds. The number of amides is 1. The van der Waals surface area contributed by atoms with Crippen LogP contribution in [-0.2, 0) is 9.59 Å². The van der Waals surface area contributed by atoms with Gasteiger partial charge < -0.3 is 24.3 Å². The largest absolute Gasteiger partial charge is 0.482 e. The monoisotopic (exact) mass is 500 g/mol. The maximum atomic E-state index is 12.6. The minimum Gasteiger partial charge on any atom is -0.482 e. The average Bonchev–Trinajstić information content (AvgIpc) is 3.24. The average molecular weight is 501 g/mol. The third-order valence-corrected chi connectivity index (χ3v) is 5.51. The molecule has 1 aromatic heterocycles. The van der Waals surface area contributed by atoms with Crippen LogP contribution in [0.1, 0.15) is 6.92 Å². The van der Waals surface area contributed by atoms with Gasteiger partial charge in [0.2, 0.25) is 5.89 Å². The zero-order valence-electron chi connectivity index (χ0n) is 17.7. The van der Waals surface area contributed by atoms with E-state index in [1.807, 2.05) is 0 Å². The SMILES string of the molecule is C[C@H](Oc1cccc(Cl)c1Cl)C(=O)Nc1ccc2oc(-c3ccc(OCC(=O)O)cc3)nc2c1. The smallest absolute Gasteiger partial charge is 0.341 e. The van der Waals surface area contributed by atoms with E-state index < -0.39 is 18.7 Å². The zero-order chi connectivity index (χ0) is 24.2. The number of fused-ring (bicyclic) bond motifs is 1. The highest BCUT2D eigenvalue weighted by Crippen LogP contribution is 2.32. The molecule has 1 atom stereocenters. The van der Waals surface area contributed by atoms with Crippen LogP contribution >= 0.6 is 23.2 Å². The van der Waals surface area contributed by atoms with Crippen LogP contribution in [0.2, 0.25) is 10.0 Å². The molecule has 0 spiro atoms.